The van der Waals surface area contributed by atoms with Crippen LogP contribution in [0.25, 0.3) is 0 Å². The first-order chi connectivity index (χ1) is 6.89. The minimum Gasteiger partial charge on any atom is -0.487 e. The van der Waals surface area contributed by atoms with E-state index in [2.05, 4.69) is 15.9 Å². The number of benzene rings is 1. The number of nitro groups is 1. The van der Waals surface area contributed by atoms with Gasteiger partial charge in [-0.25, -0.2) is 0 Å². The highest BCUT2D eigenvalue weighted by atomic mass is 79.9. The average molecular weight is 272 g/mol. The summed E-state index contributed by atoms with van der Waals surface area (Å²) >= 11 is 3.17. The van der Waals surface area contributed by atoms with E-state index in [1.807, 2.05) is 13.8 Å². The zero-order chi connectivity index (χ0) is 11.2. The predicted octanol–water partition coefficient (Wildman–Crippen LogP) is 3.07. The molecule has 0 atom stereocenters. The second-order valence-electron chi connectivity index (χ2n) is 4.21. The molecule has 1 aromatic rings. The number of halogens is 1. The van der Waals surface area contributed by atoms with E-state index in [0.717, 1.165) is 11.3 Å². The number of nitro benzene ring substituents is 1. The van der Waals surface area contributed by atoms with Gasteiger partial charge in [0.15, 0.2) is 0 Å². The molecule has 1 aromatic carbocycles. The molecule has 0 bridgehead atoms. The Balaban J connectivity index is 2.50. The zero-order valence-corrected chi connectivity index (χ0v) is 10.00. The summed E-state index contributed by atoms with van der Waals surface area (Å²) in [4.78, 5) is 10.3. The van der Waals surface area contributed by atoms with Gasteiger partial charge in [-0.05, 0) is 29.8 Å². The Hall–Kier alpha value is -1.10. The summed E-state index contributed by atoms with van der Waals surface area (Å²) in [5.41, 5.74) is 0.724. The third kappa shape index (κ3) is 1.84. The van der Waals surface area contributed by atoms with Gasteiger partial charge in [-0.15, -0.1) is 0 Å². The number of ether oxygens (including phenoxy) is 1. The van der Waals surface area contributed by atoms with Crippen LogP contribution >= 0.6 is 15.9 Å². The lowest BCUT2D eigenvalue weighted by Crippen LogP contribution is -2.24. The third-order valence-corrected chi connectivity index (χ3v) is 2.96. The van der Waals surface area contributed by atoms with E-state index in [-0.39, 0.29) is 11.3 Å². The first-order valence-electron chi connectivity index (χ1n) is 4.55. The molecule has 1 heterocycles. The van der Waals surface area contributed by atoms with Crippen LogP contribution in [0.1, 0.15) is 19.4 Å². The molecular weight excluding hydrogens is 262 g/mol. The fraction of sp³-hybridized carbons (Fsp3) is 0.400. The maximum atomic E-state index is 10.7. The lowest BCUT2D eigenvalue weighted by molar-refractivity contribution is -0.385. The maximum Gasteiger partial charge on any atom is 0.284 e. The monoisotopic (exact) mass is 271 g/mol. The van der Waals surface area contributed by atoms with Gasteiger partial charge in [0.2, 0.25) is 0 Å². The molecular formula is C10H10BrNO3. The van der Waals surface area contributed by atoms with Crippen LogP contribution in [0, 0.1) is 10.1 Å². The Morgan fingerprint density at radius 1 is 1.53 bits per heavy atom. The van der Waals surface area contributed by atoms with Crippen molar-refractivity contribution in [1.82, 2.24) is 0 Å². The molecule has 0 saturated heterocycles. The molecule has 2 rings (SSSR count). The predicted molar refractivity (Wildman–Crippen MR) is 59.2 cm³/mol. The highest BCUT2D eigenvalue weighted by Gasteiger charge is 2.32. The Labute approximate surface area is 95.5 Å². The van der Waals surface area contributed by atoms with Gasteiger partial charge in [-0.2, -0.15) is 0 Å². The Bertz CT molecular complexity index is 443. The quantitative estimate of drug-likeness (QED) is 0.583. The summed E-state index contributed by atoms with van der Waals surface area (Å²) in [7, 11) is 0. The molecule has 0 unspecified atom stereocenters. The van der Waals surface area contributed by atoms with Gasteiger partial charge in [-0.1, -0.05) is 0 Å². The highest BCUT2D eigenvalue weighted by Crippen LogP contribution is 2.40. The van der Waals surface area contributed by atoms with E-state index < -0.39 is 4.92 Å². The lowest BCUT2D eigenvalue weighted by Gasteiger charge is -2.16. The van der Waals surface area contributed by atoms with Crippen LogP contribution in [-0.4, -0.2) is 10.5 Å². The molecule has 4 nitrogen and oxygen atoms in total. The normalized spacial score (nSPS) is 17.0. The minimum absolute atomic E-state index is 0.0926. The fourth-order valence-corrected chi connectivity index (χ4v) is 2.22. The van der Waals surface area contributed by atoms with E-state index in [0.29, 0.717) is 10.9 Å². The van der Waals surface area contributed by atoms with Crippen molar-refractivity contribution in [2.45, 2.75) is 25.9 Å². The SMILES string of the molecule is CC1(C)Cc2cc([N+](=O)[O-])c(Br)cc2O1. The van der Waals surface area contributed by atoms with Crippen molar-refractivity contribution in [2.24, 2.45) is 0 Å². The zero-order valence-electron chi connectivity index (χ0n) is 8.41. The van der Waals surface area contributed by atoms with Gasteiger partial charge in [0.05, 0.1) is 9.40 Å². The number of hydrogen-bond acceptors (Lipinski definition) is 3. The first-order valence-corrected chi connectivity index (χ1v) is 5.34. The molecule has 0 aliphatic carbocycles. The molecule has 0 radical (unpaired) electrons. The largest absolute Gasteiger partial charge is 0.487 e. The van der Waals surface area contributed by atoms with Crippen LogP contribution in [0.2, 0.25) is 0 Å². The third-order valence-electron chi connectivity index (χ3n) is 2.33. The molecule has 0 N–H and O–H groups in total. The van der Waals surface area contributed by atoms with E-state index in [1.54, 1.807) is 12.1 Å². The summed E-state index contributed by atoms with van der Waals surface area (Å²) in [5.74, 6) is 0.734. The van der Waals surface area contributed by atoms with Gasteiger partial charge >= 0.3 is 0 Å². The van der Waals surface area contributed by atoms with Gasteiger partial charge < -0.3 is 4.74 Å². The number of hydrogen-bond donors (Lipinski definition) is 0. The van der Waals surface area contributed by atoms with Crippen molar-refractivity contribution < 1.29 is 9.66 Å². The summed E-state index contributed by atoms with van der Waals surface area (Å²) in [6.07, 6.45) is 0.705. The molecule has 15 heavy (non-hydrogen) atoms. The fourth-order valence-electron chi connectivity index (χ4n) is 1.75. The smallest absolute Gasteiger partial charge is 0.284 e. The summed E-state index contributed by atoms with van der Waals surface area (Å²) < 4.78 is 6.12. The topological polar surface area (TPSA) is 52.4 Å². The summed E-state index contributed by atoms with van der Waals surface area (Å²) in [6, 6.07) is 3.25. The van der Waals surface area contributed by atoms with E-state index >= 15 is 0 Å². The molecule has 1 aliphatic heterocycles. The number of nitrogens with zero attached hydrogens (tertiary/aromatic N) is 1. The standard InChI is InChI=1S/C10H10BrNO3/c1-10(2)5-6-3-8(12(13)14)7(11)4-9(6)15-10/h3-4H,5H2,1-2H3. The van der Waals surface area contributed by atoms with Crippen molar-refractivity contribution in [3.05, 3.63) is 32.3 Å². The van der Waals surface area contributed by atoms with Crippen molar-refractivity contribution in [2.75, 3.05) is 0 Å². The van der Waals surface area contributed by atoms with Crippen LogP contribution < -0.4 is 4.74 Å². The van der Waals surface area contributed by atoms with E-state index in [9.17, 15) is 10.1 Å². The van der Waals surface area contributed by atoms with Crippen LogP contribution in [0.3, 0.4) is 0 Å². The van der Waals surface area contributed by atoms with Crippen LogP contribution in [0.4, 0.5) is 5.69 Å². The first kappa shape index (κ1) is 10.4. The molecule has 1 aliphatic rings. The van der Waals surface area contributed by atoms with E-state index in [1.165, 1.54) is 0 Å². The molecule has 5 heteroatoms. The average Bonchev–Trinajstić information content (AvgIpc) is 2.36. The van der Waals surface area contributed by atoms with Crippen LogP contribution in [0.5, 0.6) is 5.75 Å². The van der Waals surface area contributed by atoms with Crippen molar-refractivity contribution >= 4 is 21.6 Å². The van der Waals surface area contributed by atoms with Crippen molar-refractivity contribution in [3.63, 3.8) is 0 Å². The maximum absolute atomic E-state index is 10.7. The highest BCUT2D eigenvalue weighted by molar-refractivity contribution is 9.10. The Morgan fingerprint density at radius 2 is 2.20 bits per heavy atom. The van der Waals surface area contributed by atoms with Gasteiger partial charge in [0.1, 0.15) is 11.4 Å². The van der Waals surface area contributed by atoms with Gasteiger partial charge in [0, 0.05) is 24.1 Å². The molecule has 0 aromatic heterocycles. The molecule has 0 spiro atoms. The Morgan fingerprint density at radius 3 is 2.80 bits per heavy atom. The lowest BCUT2D eigenvalue weighted by atomic mass is 10.0. The van der Waals surface area contributed by atoms with Crippen LogP contribution in [-0.2, 0) is 6.42 Å². The number of fused-ring (bicyclic) bond motifs is 1. The minimum atomic E-state index is -0.393. The van der Waals surface area contributed by atoms with Gasteiger partial charge in [0.25, 0.3) is 5.69 Å². The van der Waals surface area contributed by atoms with Gasteiger partial charge in [-0.3, -0.25) is 10.1 Å². The second-order valence-corrected chi connectivity index (χ2v) is 5.06. The summed E-state index contributed by atoms with van der Waals surface area (Å²) in [5, 5.41) is 10.7. The molecule has 80 valence electrons. The number of rotatable bonds is 1. The van der Waals surface area contributed by atoms with Crippen molar-refractivity contribution in [3.8, 4) is 5.75 Å². The van der Waals surface area contributed by atoms with Crippen LogP contribution in [0.15, 0.2) is 16.6 Å². The van der Waals surface area contributed by atoms with Crippen molar-refractivity contribution in [1.29, 1.82) is 0 Å². The Kier molecular flexibility index (Phi) is 2.22. The summed E-state index contributed by atoms with van der Waals surface area (Å²) in [6.45, 7) is 3.93. The second kappa shape index (κ2) is 3.20. The van der Waals surface area contributed by atoms with E-state index in [4.69, 9.17) is 4.74 Å². The molecule has 0 saturated carbocycles. The molecule has 0 amide bonds. The molecule has 0 fully saturated rings.